The first kappa shape index (κ1) is 23.4. The van der Waals surface area contributed by atoms with E-state index in [2.05, 4.69) is 14.6 Å². The van der Waals surface area contributed by atoms with Crippen molar-refractivity contribution < 1.29 is 13.2 Å². The Kier molecular flexibility index (Phi) is 6.49. The van der Waals surface area contributed by atoms with Crippen molar-refractivity contribution in [1.82, 2.24) is 9.88 Å². The van der Waals surface area contributed by atoms with Crippen molar-refractivity contribution in [1.29, 1.82) is 0 Å². The highest BCUT2D eigenvalue weighted by Gasteiger charge is 2.26. The fraction of sp³-hybridized carbons (Fsp3) is 0.296. The first-order valence-electron chi connectivity index (χ1n) is 12.0. The second-order valence-electron chi connectivity index (χ2n) is 9.22. The third-order valence-electron chi connectivity index (χ3n) is 6.81. The van der Waals surface area contributed by atoms with Crippen LogP contribution in [0.25, 0.3) is 21.7 Å². The van der Waals surface area contributed by atoms with Gasteiger partial charge in [0.25, 0.3) is 10.0 Å². The second kappa shape index (κ2) is 9.71. The van der Waals surface area contributed by atoms with E-state index in [4.69, 9.17) is 5.73 Å². The number of carbonyl (C=O) groups is 1. The standard InChI is InChI=1S/C27H30N4O3S/c28-26(32)15-14-23-22-11-3-4-12-24(22)31(18-19-7-6-16-29-17-19)27(23)30-35(33,34)25-13-5-9-20-8-1-2-10-21(20)25/h1-5,8-13,19,29-30H,6-7,14-18H2,(H2,28,32). The summed E-state index contributed by atoms with van der Waals surface area (Å²) in [5.41, 5.74) is 7.23. The van der Waals surface area contributed by atoms with E-state index in [0.29, 0.717) is 30.1 Å². The Hall–Kier alpha value is -3.36. The minimum Gasteiger partial charge on any atom is -0.370 e. The summed E-state index contributed by atoms with van der Waals surface area (Å²) in [7, 11) is -3.91. The Balaban J connectivity index is 1.64. The molecule has 1 unspecified atom stereocenters. The maximum absolute atomic E-state index is 13.8. The lowest BCUT2D eigenvalue weighted by molar-refractivity contribution is -0.117. The molecule has 4 N–H and O–H groups in total. The van der Waals surface area contributed by atoms with Crippen molar-refractivity contribution in [2.75, 3.05) is 17.8 Å². The van der Waals surface area contributed by atoms with Crippen LogP contribution in [0, 0.1) is 5.92 Å². The van der Waals surface area contributed by atoms with Gasteiger partial charge in [0.15, 0.2) is 0 Å². The first-order valence-corrected chi connectivity index (χ1v) is 13.5. The van der Waals surface area contributed by atoms with Gasteiger partial charge < -0.3 is 15.6 Å². The van der Waals surface area contributed by atoms with E-state index >= 15 is 0 Å². The summed E-state index contributed by atoms with van der Waals surface area (Å²) in [4.78, 5) is 11.9. The van der Waals surface area contributed by atoms with Gasteiger partial charge >= 0.3 is 0 Å². The van der Waals surface area contributed by atoms with Crippen LogP contribution < -0.4 is 15.8 Å². The summed E-state index contributed by atoms with van der Waals surface area (Å²) in [5, 5.41) is 5.92. The molecular weight excluding hydrogens is 460 g/mol. The van der Waals surface area contributed by atoms with E-state index in [0.717, 1.165) is 47.8 Å². The van der Waals surface area contributed by atoms with E-state index < -0.39 is 15.9 Å². The van der Waals surface area contributed by atoms with Gasteiger partial charge in [-0.15, -0.1) is 0 Å². The van der Waals surface area contributed by atoms with Crippen LogP contribution in [-0.4, -0.2) is 32.0 Å². The van der Waals surface area contributed by atoms with Gasteiger partial charge in [0.2, 0.25) is 5.91 Å². The van der Waals surface area contributed by atoms with Gasteiger partial charge in [-0.3, -0.25) is 9.52 Å². The Morgan fingerprint density at radius 2 is 1.77 bits per heavy atom. The van der Waals surface area contributed by atoms with Gasteiger partial charge in [0.1, 0.15) is 5.82 Å². The molecule has 1 aromatic heterocycles. The number of aryl methyl sites for hydroxylation is 1. The molecule has 0 radical (unpaired) electrons. The summed E-state index contributed by atoms with van der Waals surface area (Å²) in [6.07, 6.45) is 2.67. The van der Waals surface area contributed by atoms with Crippen LogP contribution in [0.3, 0.4) is 0 Å². The zero-order valence-corrected chi connectivity index (χ0v) is 20.4. The number of aromatic nitrogens is 1. The third kappa shape index (κ3) is 4.76. The lowest BCUT2D eigenvalue weighted by atomic mass is 9.99. The molecule has 3 aromatic carbocycles. The van der Waals surface area contributed by atoms with Gasteiger partial charge in [-0.1, -0.05) is 54.6 Å². The SMILES string of the molecule is NC(=O)CCc1c(NS(=O)(=O)c2cccc3ccccc23)n(CC2CCCNC2)c2ccccc12. The number of nitrogens with zero attached hydrogens (tertiary/aromatic N) is 1. The number of hydrogen-bond donors (Lipinski definition) is 3. The zero-order valence-electron chi connectivity index (χ0n) is 19.5. The number of amides is 1. The van der Waals surface area contributed by atoms with E-state index in [9.17, 15) is 13.2 Å². The molecule has 1 fully saturated rings. The number of para-hydroxylation sites is 1. The average molecular weight is 491 g/mol. The zero-order chi connectivity index (χ0) is 24.4. The highest BCUT2D eigenvalue weighted by atomic mass is 32.2. The van der Waals surface area contributed by atoms with Gasteiger partial charge in [0.05, 0.1) is 4.90 Å². The van der Waals surface area contributed by atoms with E-state index in [1.165, 1.54) is 0 Å². The number of piperidine rings is 1. The molecule has 1 amide bonds. The highest BCUT2D eigenvalue weighted by molar-refractivity contribution is 7.93. The average Bonchev–Trinajstić information content (AvgIpc) is 3.14. The van der Waals surface area contributed by atoms with Crippen LogP contribution in [0.15, 0.2) is 71.6 Å². The van der Waals surface area contributed by atoms with E-state index in [1.807, 2.05) is 54.6 Å². The lowest BCUT2D eigenvalue weighted by Gasteiger charge is -2.25. The summed E-state index contributed by atoms with van der Waals surface area (Å²) in [5.74, 6) is 0.483. The molecule has 182 valence electrons. The highest BCUT2D eigenvalue weighted by Crippen LogP contribution is 2.35. The Morgan fingerprint density at radius 3 is 2.54 bits per heavy atom. The van der Waals surface area contributed by atoms with Crippen LogP contribution in [-0.2, 0) is 27.8 Å². The fourth-order valence-corrected chi connectivity index (χ4v) is 6.46. The van der Waals surface area contributed by atoms with Crippen molar-refractivity contribution >= 4 is 43.4 Å². The number of nitrogens with two attached hydrogens (primary N) is 1. The number of primary amides is 1. The molecule has 0 aliphatic carbocycles. The minimum absolute atomic E-state index is 0.141. The van der Waals surface area contributed by atoms with Crippen molar-refractivity contribution in [2.24, 2.45) is 11.7 Å². The van der Waals surface area contributed by atoms with Crippen LogP contribution in [0.4, 0.5) is 5.82 Å². The topological polar surface area (TPSA) is 106 Å². The van der Waals surface area contributed by atoms with Gasteiger partial charge in [-0.25, -0.2) is 8.42 Å². The molecule has 0 bridgehead atoms. The monoisotopic (exact) mass is 490 g/mol. The van der Waals surface area contributed by atoms with Crippen molar-refractivity contribution in [3.8, 4) is 0 Å². The Labute approximate surface area is 205 Å². The molecule has 8 heteroatoms. The van der Waals surface area contributed by atoms with Crippen LogP contribution in [0.1, 0.15) is 24.8 Å². The Morgan fingerprint density at radius 1 is 1.03 bits per heavy atom. The van der Waals surface area contributed by atoms with E-state index in [1.54, 1.807) is 12.1 Å². The van der Waals surface area contributed by atoms with Gasteiger partial charge in [-0.05, 0) is 55.8 Å². The lowest BCUT2D eigenvalue weighted by Crippen LogP contribution is -2.32. The summed E-state index contributed by atoms with van der Waals surface area (Å²) in [6.45, 7) is 2.57. The normalized spacial score (nSPS) is 16.5. The first-order chi connectivity index (χ1) is 16.9. The molecule has 1 atom stereocenters. The van der Waals surface area contributed by atoms with E-state index in [-0.39, 0.29) is 11.3 Å². The van der Waals surface area contributed by atoms with Crippen molar-refractivity contribution in [3.63, 3.8) is 0 Å². The predicted octanol–water partition coefficient (Wildman–Crippen LogP) is 4.01. The maximum Gasteiger partial charge on any atom is 0.263 e. The number of rotatable bonds is 8. The molecule has 2 heterocycles. The number of nitrogens with one attached hydrogen (secondary N) is 2. The quantitative estimate of drug-likeness (QED) is 0.347. The minimum atomic E-state index is -3.91. The summed E-state index contributed by atoms with van der Waals surface area (Å²) < 4.78 is 32.6. The summed E-state index contributed by atoms with van der Waals surface area (Å²) in [6, 6.07) is 20.6. The third-order valence-corrected chi connectivity index (χ3v) is 8.20. The molecule has 35 heavy (non-hydrogen) atoms. The fourth-order valence-electron chi connectivity index (χ4n) is 5.13. The molecule has 1 saturated heterocycles. The van der Waals surface area contributed by atoms with Gasteiger partial charge in [0, 0.05) is 34.8 Å². The molecule has 0 saturated carbocycles. The molecule has 4 aromatic rings. The largest absolute Gasteiger partial charge is 0.370 e. The number of fused-ring (bicyclic) bond motifs is 2. The second-order valence-corrected chi connectivity index (χ2v) is 10.9. The smallest absolute Gasteiger partial charge is 0.263 e. The molecular formula is C27H30N4O3S. The predicted molar refractivity (Wildman–Crippen MR) is 140 cm³/mol. The summed E-state index contributed by atoms with van der Waals surface area (Å²) >= 11 is 0. The number of hydrogen-bond acceptors (Lipinski definition) is 4. The molecule has 7 nitrogen and oxygen atoms in total. The number of sulfonamides is 1. The maximum atomic E-state index is 13.8. The van der Waals surface area contributed by atoms with Crippen LogP contribution in [0.2, 0.25) is 0 Å². The van der Waals surface area contributed by atoms with Gasteiger partial charge in [-0.2, -0.15) is 0 Å². The number of carbonyl (C=O) groups excluding carboxylic acids is 1. The molecule has 0 spiro atoms. The van der Waals surface area contributed by atoms with Crippen LogP contribution in [0.5, 0.6) is 0 Å². The van der Waals surface area contributed by atoms with Crippen molar-refractivity contribution in [2.45, 2.75) is 37.1 Å². The molecule has 1 aliphatic heterocycles. The number of anilines is 1. The number of benzene rings is 3. The Bertz CT molecular complexity index is 1480. The molecule has 1 aliphatic rings. The van der Waals surface area contributed by atoms with Crippen molar-refractivity contribution in [3.05, 3.63) is 72.3 Å². The molecule has 5 rings (SSSR count). The van der Waals surface area contributed by atoms with Crippen LogP contribution >= 0.6 is 0 Å².